The highest BCUT2D eigenvalue weighted by Crippen LogP contribution is 2.34. The van der Waals surface area contributed by atoms with E-state index >= 15 is 0 Å². The lowest BCUT2D eigenvalue weighted by molar-refractivity contribution is 0.0918. The highest BCUT2D eigenvalue weighted by atomic mass is 16.5. The molecular formula is C17H24O2. The molecule has 1 N–H and O–H groups in total. The van der Waals surface area contributed by atoms with Crippen LogP contribution >= 0.6 is 0 Å². The fraction of sp³-hybridized carbons (Fsp3) is 0.647. The van der Waals surface area contributed by atoms with Crippen LogP contribution < -0.4 is 0 Å². The van der Waals surface area contributed by atoms with Crippen LogP contribution in [0.15, 0.2) is 24.3 Å². The van der Waals surface area contributed by atoms with Crippen molar-refractivity contribution in [3.8, 4) is 0 Å². The van der Waals surface area contributed by atoms with E-state index in [-0.39, 0.29) is 12.0 Å². The van der Waals surface area contributed by atoms with Gasteiger partial charge in [-0.2, -0.15) is 0 Å². The molecule has 2 aliphatic rings. The van der Waals surface area contributed by atoms with Crippen LogP contribution in [0.5, 0.6) is 0 Å². The predicted octanol–water partition coefficient (Wildman–Crippen LogP) is 3.80. The smallest absolute Gasteiger partial charge is 0.0841 e. The molecule has 1 saturated carbocycles. The number of ether oxygens (including phenoxy) is 1. The largest absolute Gasteiger partial charge is 0.388 e. The lowest BCUT2D eigenvalue weighted by atomic mass is 9.83. The van der Waals surface area contributed by atoms with E-state index in [0.717, 1.165) is 24.5 Å². The lowest BCUT2D eigenvalue weighted by Crippen LogP contribution is -2.12. The molecule has 0 bridgehead atoms. The number of aliphatic hydroxyl groups excluding tert-OH is 1. The first-order valence-electron chi connectivity index (χ1n) is 7.70. The van der Waals surface area contributed by atoms with E-state index in [0.29, 0.717) is 6.61 Å². The zero-order chi connectivity index (χ0) is 13.1. The summed E-state index contributed by atoms with van der Waals surface area (Å²) in [7, 11) is 0. The van der Waals surface area contributed by atoms with Crippen molar-refractivity contribution in [1.82, 2.24) is 0 Å². The second-order valence-corrected chi connectivity index (χ2v) is 6.07. The van der Waals surface area contributed by atoms with Crippen LogP contribution in [0.4, 0.5) is 0 Å². The molecule has 2 unspecified atom stereocenters. The van der Waals surface area contributed by atoms with Crippen LogP contribution in [0.2, 0.25) is 0 Å². The molecule has 1 heterocycles. The van der Waals surface area contributed by atoms with Gasteiger partial charge in [-0.1, -0.05) is 43.5 Å². The second kappa shape index (κ2) is 6.06. The molecule has 2 heteroatoms. The summed E-state index contributed by atoms with van der Waals surface area (Å²) in [5.41, 5.74) is 2.51. The molecule has 0 radical (unpaired) electrons. The van der Waals surface area contributed by atoms with Gasteiger partial charge in [0.1, 0.15) is 0 Å². The van der Waals surface area contributed by atoms with Crippen molar-refractivity contribution in [3.63, 3.8) is 0 Å². The van der Waals surface area contributed by atoms with E-state index in [1.54, 1.807) is 0 Å². The molecule has 0 spiro atoms. The molecule has 19 heavy (non-hydrogen) atoms. The Balaban J connectivity index is 1.67. The highest BCUT2D eigenvalue weighted by molar-refractivity contribution is 5.27. The monoisotopic (exact) mass is 260 g/mol. The van der Waals surface area contributed by atoms with Crippen molar-refractivity contribution >= 4 is 0 Å². The summed E-state index contributed by atoms with van der Waals surface area (Å²) in [6.45, 7) is 1.49. The van der Waals surface area contributed by atoms with Gasteiger partial charge in [0.15, 0.2) is 0 Å². The minimum atomic E-state index is -0.358. The third-order valence-electron chi connectivity index (χ3n) is 4.77. The third-order valence-corrected chi connectivity index (χ3v) is 4.77. The average Bonchev–Trinajstić information content (AvgIpc) is 3.02. The molecule has 2 nitrogen and oxygen atoms in total. The first kappa shape index (κ1) is 13.1. The van der Waals surface area contributed by atoms with Gasteiger partial charge in [-0.3, -0.25) is 0 Å². The molecule has 3 rings (SSSR count). The predicted molar refractivity (Wildman–Crippen MR) is 76.2 cm³/mol. The summed E-state index contributed by atoms with van der Waals surface area (Å²) in [5.74, 6) is 1.02. The van der Waals surface area contributed by atoms with Gasteiger partial charge >= 0.3 is 0 Å². The second-order valence-electron chi connectivity index (χ2n) is 6.07. The number of hydrogen-bond donors (Lipinski definition) is 1. The van der Waals surface area contributed by atoms with Crippen molar-refractivity contribution in [3.05, 3.63) is 35.4 Å². The standard InChI is InChI=1S/C17H24O2/c18-17(16-10-11-19-12-16)15-8-6-14(7-9-15)13-4-2-1-3-5-13/h6-9,13,16-18H,1-5,10-12H2. The lowest BCUT2D eigenvalue weighted by Gasteiger charge is -2.23. The summed E-state index contributed by atoms with van der Waals surface area (Å²) in [6, 6.07) is 8.69. The topological polar surface area (TPSA) is 29.5 Å². The first-order valence-corrected chi connectivity index (χ1v) is 7.70. The van der Waals surface area contributed by atoms with Crippen LogP contribution in [-0.4, -0.2) is 18.3 Å². The Morgan fingerprint density at radius 3 is 2.37 bits per heavy atom. The van der Waals surface area contributed by atoms with E-state index in [2.05, 4.69) is 24.3 Å². The molecule has 2 atom stereocenters. The van der Waals surface area contributed by atoms with Gasteiger partial charge in [-0.15, -0.1) is 0 Å². The molecule has 1 saturated heterocycles. The normalized spacial score (nSPS) is 26.5. The highest BCUT2D eigenvalue weighted by Gasteiger charge is 2.25. The Morgan fingerprint density at radius 2 is 1.74 bits per heavy atom. The Hall–Kier alpha value is -0.860. The zero-order valence-electron chi connectivity index (χ0n) is 11.6. The van der Waals surface area contributed by atoms with Crippen molar-refractivity contribution < 1.29 is 9.84 Å². The third kappa shape index (κ3) is 3.01. The van der Waals surface area contributed by atoms with Gasteiger partial charge in [-0.25, -0.2) is 0 Å². The van der Waals surface area contributed by atoms with Crippen LogP contribution in [0.1, 0.15) is 61.7 Å². The maximum absolute atomic E-state index is 10.3. The van der Waals surface area contributed by atoms with E-state index in [9.17, 15) is 5.11 Å². The van der Waals surface area contributed by atoms with Crippen LogP contribution in [0.3, 0.4) is 0 Å². The molecule has 1 aliphatic heterocycles. The van der Waals surface area contributed by atoms with Crippen molar-refractivity contribution in [2.45, 2.75) is 50.5 Å². The first-order chi connectivity index (χ1) is 9.34. The number of hydrogen-bond acceptors (Lipinski definition) is 2. The Labute approximate surface area is 115 Å². The zero-order valence-corrected chi connectivity index (χ0v) is 11.6. The number of rotatable bonds is 3. The molecule has 1 aromatic carbocycles. The van der Waals surface area contributed by atoms with E-state index in [4.69, 9.17) is 4.74 Å². The molecule has 1 aromatic rings. The van der Waals surface area contributed by atoms with Gasteiger partial charge < -0.3 is 9.84 Å². The molecule has 104 valence electrons. The summed E-state index contributed by atoms with van der Waals surface area (Å²) in [5, 5.41) is 10.3. The van der Waals surface area contributed by atoms with Gasteiger partial charge in [0.05, 0.1) is 12.7 Å². The van der Waals surface area contributed by atoms with E-state index < -0.39 is 0 Å². The Morgan fingerprint density at radius 1 is 1.00 bits per heavy atom. The molecular weight excluding hydrogens is 236 g/mol. The van der Waals surface area contributed by atoms with Crippen molar-refractivity contribution in [1.29, 1.82) is 0 Å². The van der Waals surface area contributed by atoms with Crippen LogP contribution in [0.25, 0.3) is 0 Å². The Bertz CT molecular complexity index is 386. The summed E-state index contributed by atoms with van der Waals surface area (Å²) < 4.78 is 5.36. The molecule has 0 aromatic heterocycles. The molecule has 1 aliphatic carbocycles. The summed E-state index contributed by atoms with van der Waals surface area (Å²) in [6.07, 6.45) is 7.42. The molecule has 2 fully saturated rings. The van der Waals surface area contributed by atoms with Gasteiger partial charge in [0.25, 0.3) is 0 Å². The quantitative estimate of drug-likeness (QED) is 0.895. The minimum absolute atomic E-state index is 0.278. The van der Waals surface area contributed by atoms with Gasteiger partial charge in [0, 0.05) is 12.5 Å². The summed E-state index contributed by atoms with van der Waals surface area (Å²) >= 11 is 0. The van der Waals surface area contributed by atoms with Crippen molar-refractivity contribution in [2.75, 3.05) is 13.2 Å². The SMILES string of the molecule is OC(c1ccc(C2CCCCC2)cc1)C1CCOC1. The van der Waals surface area contributed by atoms with Crippen LogP contribution in [0, 0.1) is 5.92 Å². The summed E-state index contributed by atoms with van der Waals surface area (Å²) in [4.78, 5) is 0. The number of aliphatic hydroxyl groups is 1. The van der Waals surface area contributed by atoms with Gasteiger partial charge in [-0.05, 0) is 36.3 Å². The fourth-order valence-corrected chi connectivity index (χ4v) is 3.48. The van der Waals surface area contributed by atoms with E-state index in [1.807, 2.05) is 0 Å². The van der Waals surface area contributed by atoms with Gasteiger partial charge in [0.2, 0.25) is 0 Å². The van der Waals surface area contributed by atoms with Crippen molar-refractivity contribution in [2.24, 2.45) is 5.92 Å². The Kier molecular flexibility index (Phi) is 4.19. The van der Waals surface area contributed by atoms with Crippen LogP contribution in [-0.2, 0) is 4.74 Å². The minimum Gasteiger partial charge on any atom is -0.388 e. The average molecular weight is 260 g/mol. The maximum Gasteiger partial charge on any atom is 0.0841 e. The van der Waals surface area contributed by atoms with E-state index in [1.165, 1.54) is 37.7 Å². The fourth-order valence-electron chi connectivity index (χ4n) is 3.48. The maximum atomic E-state index is 10.3. The number of benzene rings is 1. The molecule has 0 amide bonds.